The van der Waals surface area contributed by atoms with Crippen molar-refractivity contribution in [3.63, 3.8) is 0 Å². The summed E-state index contributed by atoms with van der Waals surface area (Å²) in [5.74, 6) is -0.0686. The van der Waals surface area contributed by atoms with Gasteiger partial charge in [-0.15, -0.1) is 11.3 Å². The lowest BCUT2D eigenvalue weighted by Gasteiger charge is -2.09. The molecule has 0 fully saturated rings. The molecule has 0 saturated heterocycles. The summed E-state index contributed by atoms with van der Waals surface area (Å²) in [5.41, 5.74) is 10.0. The van der Waals surface area contributed by atoms with E-state index in [9.17, 15) is 4.79 Å². The third-order valence-electron chi connectivity index (χ3n) is 3.43. The van der Waals surface area contributed by atoms with Crippen molar-refractivity contribution < 1.29 is 4.79 Å². The van der Waals surface area contributed by atoms with Gasteiger partial charge in [-0.25, -0.2) is 0 Å². The number of amides is 1. The van der Waals surface area contributed by atoms with Gasteiger partial charge < -0.3 is 11.1 Å². The maximum atomic E-state index is 12.4. The van der Waals surface area contributed by atoms with E-state index in [1.54, 1.807) is 0 Å². The predicted molar refractivity (Wildman–Crippen MR) is 90.9 cm³/mol. The summed E-state index contributed by atoms with van der Waals surface area (Å²) in [6.45, 7) is 6.86. The number of benzene rings is 1. The topological polar surface area (TPSA) is 55.1 Å². The van der Waals surface area contributed by atoms with E-state index in [-0.39, 0.29) is 5.91 Å². The number of anilines is 1. The van der Waals surface area contributed by atoms with Gasteiger partial charge in [0.2, 0.25) is 0 Å². The van der Waals surface area contributed by atoms with E-state index >= 15 is 0 Å². The molecule has 1 aromatic heterocycles. The first kappa shape index (κ1) is 15.6. The van der Waals surface area contributed by atoms with Crippen LogP contribution in [-0.4, -0.2) is 12.5 Å². The average molecular weight is 302 g/mol. The first-order valence-corrected chi connectivity index (χ1v) is 8.16. The van der Waals surface area contributed by atoms with Gasteiger partial charge in [-0.05, 0) is 25.3 Å². The second kappa shape index (κ2) is 6.76. The molecule has 0 atom stereocenters. The Bertz CT molecular complexity index is 629. The molecule has 0 aliphatic rings. The van der Waals surface area contributed by atoms with Gasteiger partial charge >= 0.3 is 0 Å². The van der Waals surface area contributed by atoms with E-state index in [4.69, 9.17) is 5.73 Å². The van der Waals surface area contributed by atoms with Gasteiger partial charge in [0, 0.05) is 17.0 Å². The molecule has 0 radical (unpaired) electrons. The number of nitrogens with one attached hydrogen (secondary N) is 1. The number of hydrogen-bond donors (Lipinski definition) is 2. The Labute approximate surface area is 130 Å². The Hall–Kier alpha value is -1.81. The third kappa shape index (κ3) is 3.27. The van der Waals surface area contributed by atoms with Crippen LogP contribution in [0, 0.1) is 6.92 Å². The van der Waals surface area contributed by atoms with Crippen molar-refractivity contribution in [2.75, 3.05) is 12.3 Å². The van der Waals surface area contributed by atoms with E-state index in [1.807, 2.05) is 6.92 Å². The molecule has 0 aliphatic carbocycles. The summed E-state index contributed by atoms with van der Waals surface area (Å²) in [4.78, 5) is 13.6. The molecular weight excluding hydrogens is 280 g/mol. The van der Waals surface area contributed by atoms with Crippen LogP contribution in [0.2, 0.25) is 0 Å². The normalized spacial score (nSPS) is 10.6. The number of carbonyl (C=O) groups is 1. The largest absolute Gasteiger partial charge is 0.390 e. The highest BCUT2D eigenvalue weighted by Crippen LogP contribution is 2.39. The molecule has 1 aromatic carbocycles. The van der Waals surface area contributed by atoms with Gasteiger partial charge in [-0.1, -0.05) is 43.7 Å². The standard InChI is InChI=1S/C17H22N2OS/c1-4-10-19-17(20)15-14(13(5-2)21-16(15)18)12-8-6-11(3)7-9-12/h6-9H,4-5,10,18H2,1-3H3,(H,19,20). The van der Waals surface area contributed by atoms with E-state index in [0.29, 0.717) is 17.1 Å². The highest BCUT2D eigenvalue weighted by atomic mass is 32.1. The van der Waals surface area contributed by atoms with Gasteiger partial charge in [0.25, 0.3) is 5.91 Å². The molecule has 0 unspecified atom stereocenters. The molecule has 0 bridgehead atoms. The Balaban J connectivity index is 2.52. The van der Waals surface area contributed by atoms with Gasteiger partial charge in [-0.2, -0.15) is 0 Å². The number of hydrogen-bond acceptors (Lipinski definition) is 3. The molecule has 0 aliphatic heterocycles. The minimum Gasteiger partial charge on any atom is -0.390 e. The second-order valence-electron chi connectivity index (χ2n) is 5.11. The Morgan fingerprint density at radius 1 is 1.24 bits per heavy atom. The fourth-order valence-electron chi connectivity index (χ4n) is 2.32. The van der Waals surface area contributed by atoms with Crippen LogP contribution >= 0.6 is 11.3 Å². The van der Waals surface area contributed by atoms with Crippen LogP contribution in [0.1, 0.15) is 41.1 Å². The van der Waals surface area contributed by atoms with E-state index in [1.165, 1.54) is 16.9 Å². The maximum Gasteiger partial charge on any atom is 0.254 e. The highest BCUT2D eigenvalue weighted by Gasteiger charge is 2.22. The van der Waals surface area contributed by atoms with Crippen molar-refractivity contribution in [1.29, 1.82) is 0 Å². The van der Waals surface area contributed by atoms with Crippen molar-refractivity contribution >= 4 is 22.2 Å². The summed E-state index contributed by atoms with van der Waals surface area (Å²) < 4.78 is 0. The van der Waals surface area contributed by atoms with Gasteiger partial charge in [0.05, 0.1) is 10.6 Å². The van der Waals surface area contributed by atoms with Gasteiger partial charge in [0.15, 0.2) is 0 Å². The van der Waals surface area contributed by atoms with Crippen LogP contribution in [0.3, 0.4) is 0 Å². The van der Waals surface area contributed by atoms with Crippen molar-refractivity contribution in [2.24, 2.45) is 0 Å². The number of rotatable bonds is 5. The summed E-state index contributed by atoms with van der Waals surface area (Å²) >= 11 is 1.52. The summed E-state index contributed by atoms with van der Waals surface area (Å²) in [6, 6.07) is 8.26. The van der Waals surface area contributed by atoms with Crippen molar-refractivity contribution in [2.45, 2.75) is 33.6 Å². The number of thiophene rings is 1. The Morgan fingerprint density at radius 2 is 1.90 bits per heavy atom. The fourth-order valence-corrected chi connectivity index (χ4v) is 3.35. The van der Waals surface area contributed by atoms with Crippen molar-refractivity contribution in [1.82, 2.24) is 5.32 Å². The van der Waals surface area contributed by atoms with Crippen molar-refractivity contribution in [3.8, 4) is 11.1 Å². The summed E-state index contributed by atoms with van der Waals surface area (Å²) in [6.07, 6.45) is 1.79. The van der Waals surface area contributed by atoms with Crippen LogP contribution < -0.4 is 11.1 Å². The lowest BCUT2D eigenvalue weighted by atomic mass is 9.98. The highest BCUT2D eigenvalue weighted by molar-refractivity contribution is 7.17. The number of nitrogens with two attached hydrogens (primary N) is 1. The zero-order chi connectivity index (χ0) is 15.4. The van der Waals surface area contributed by atoms with Crippen LogP contribution in [-0.2, 0) is 6.42 Å². The smallest absolute Gasteiger partial charge is 0.254 e. The monoisotopic (exact) mass is 302 g/mol. The first-order valence-electron chi connectivity index (χ1n) is 7.34. The molecule has 112 valence electrons. The molecule has 4 heteroatoms. The second-order valence-corrected chi connectivity index (χ2v) is 6.25. The number of nitrogen functional groups attached to an aromatic ring is 1. The lowest BCUT2D eigenvalue weighted by molar-refractivity contribution is 0.0955. The predicted octanol–water partition coefficient (Wildman–Crippen LogP) is 4.01. The molecule has 1 amide bonds. The van der Waals surface area contributed by atoms with E-state index in [2.05, 4.69) is 43.4 Å². The first-order chi connectivity index (χ1) is 10.1. The quantitative estimate of drug-likeness (QED) is 0.877. The van der Waals surface area contributed by atoms with Gasteiger partial charge in [0.1, 0.15) is 0 Å². The molecule has 0 saturated carbocycles. The molecule has 3 N–H and O–H groups in total. The van der Waals surface area contributed by atoms with E-state index in [0.717, 1.165) is 28.8 Å². The average Bonchev–Trinajstić information content (AvgIpc) is 2.82. The molecule has 1 heterocycles. The minimum atomic E-state index is -0.0686. The fraction of sp³-hybridized carbons (Fsp3) is 0.353. The van der Waals surface area contributed by atoms with Crippen LogP contribution in [0.25, 0.3) is 11.1 Å². The van der Waals surface area contributed by atoms with Gasteiger partial charge in [-0.3, -0.25) is 4.79 Å². The molecule has 3 nitrogen and oxygen atoms in total. The summed E-state index contributed by atoms with van der Waals surface area (Å²) in [7, 11) is 0. The number of aryl methyl sites for hydroxylation is 2. The zero-order valence-electron chi connectivity index (χ0n) is 12.8. The molecular formula is C17H22N2OS. The Morgan fingerprint density at radius 3 is 2.48 bits per heavy atom. The van der Waals surface area contributed by atoms with Crippen molar-refractivity contribution in [3.05, 3.63) is 40.3 Å². The molecule has 2 rings (SSSR count). The summed E-state index contributed by atoms with van der Waals surface area (Å²) in [5, 5.41) is 3.54. The third-order valence-corrected chi connectivity index (χ3v) is 4.60. The SMILES string of the molecule is CCCNC(=O)c1c(N)sc(CC)c1-c1ccc(C)cc1. The van der Waals surface area contributed by atoms with Crippen LogP contribution in [0.5, 0.6) is 0 Å². The minimum absolute atomic E-state index is 0.0686. The maximum absolute atomic E-state index is 12.4. The number of carbonyl (C=O) groups excluding carboxylic acids is 1. The zero-order valence-corrected chi connectivity index (χ0v) is 13.6. The Kier molecular flexibility index (Phi) is 5.02. The molecule has 2 aromatic rings. The molecule has 21 heavy (non-hydrogen) atoms. The lowest BCUT2D eigenvalue weighted by Crippen LogP contribution is -2.24. The van der Waals surface area contributed by atoms with Crippen LogP contribution in [0.15, 0.2) is 24.3 Å². The van der Waals surface area contributed by atoms with Crippen LogP contribution in [0.4, 0.5) is 5.00 Å². The molecule has 0 spiro atoms. The van der Waals surface area contributed by atoms with E-state index < -0.39 is 0 Å².